The van der Waals surface area contributed by atoms with E-state index in [1.54, 1.807) is 8.61 Å². The maximum Gasteiger partial charge on any atom is 0.282 e. The van der Waals surface area contributed by atoms with E-state index in [1.807, 2.05) is 13.8 Å². The lowest BCUT2D eigenvalue weighted by atomic mass is 10.0. The molecule has 0 spiro atoms. The molecular formula is C12H24N2O3S. The van der Waals surface area contributed by atoms with Gasteiger partial charge in [0.1, 0.15) is 0 Å². The molecule has 0 aliphatic carbocycles. The third-order valence-corrected chi connectivity index (χ3v) is 5.59. The highest BCUT2D eigenvalue weighted by molar-refractivity contribution is 7.86. The van der Waals surface area contributed by atoms with Gasteiger partial charge in [-0.1, -0.05) is 6.92 Å². The summed E-state index contributed by atoms with van der Waals surface area (Å²) in [6, 6.07) is 0. The van der Waals surface area contributed by atoms with Crippen molar-refractivity contribution in [2.45, 2.75) is 45.8 Å². The number of rotatable bonds is 2. The van der Waals surface area contributed by atoms with Crippen LogP contribution in [-0.4, -0.2) is 55.4 Å². The normalized spacial score (nSPS) is 36.7. The zero-order chi connectivity index (χ0) is 13.3. The van der Waals surface area contributed by atoms with E-state index in [2.05, 4.69) is 6.92 Å². The minimum Gasteiger partial charge on any atom is -0.373 e. The average molecular weight is 276 g/mol. The quantitative estimate of drug-likeness (QED) is 0.758. The molecule has 2 fully saturated rings. The number of hydrogen-bond acceptors (Lipinski definition) is 3. The SMILES string of the molecule is C[C@@H]1CCCN(S(=O)(=O)N2C[C@H](C)O[C@@H](C)C2)C1. The van der Waals surface area contributed by atoms with Gasteiger partial charge in [-0.3, -0.25) is 0 Å². The first kappa shape index (κ1) is 14.2. The van der Waals surface area contributed by atoms with Gasteiger partial charge in [-0.25, -0.2) is 0 Å². The van der Waals surface area contributed by atoms with Gasteiger partial charge < -0.3 is 4.74 Å². The molecule has 0 unspecified atom stereocenters. The smallest absolute Gasteiger partial charge is 0.282 e. The lowest BCUT2D eigenvalue weighted by Gasteiger charge is -2.39. The van der Waals surface area contributed by atoms with E-state index in [4.69, 9.17) is 4.74 Å². The summed E-state index contributed by atoms with van der Waals surface area (Å²) in [5.74, 6) is 0.462. The monoisotopic (exact) mass is 276 g/mol. The van der Waals surface area contributed by atoms with Crippen molar-refractivity contribution in [2.75, 3.05) is 26.2 Å². The predicted octanol–water partition coefficient (Wildman–Crippen LogP) is 1.07. The lowest BCUT2D eigenvalue weighted by molar-refractivity contribution is -0.0457. The molecule has 0 radical (unpaired) electrons. The second-order valence-corrected chi connectivity index (χ2v) is 7.62. The number of piperidine rings is 1. The van der Waals surface area contributed by atoms with Gasteiger partial charge in [0.25, 0.3) is 10.2 Å². The van der Waals surface area contributed by atoms with Crippen LogP contribution < -0.4 is 0 Å². The van der Waals surface area contributed by atoms with Crippen LogP contribution in [-0.2, 0) is 14.9 Å². The largest absolute Gasteiger partial charge is 0.373 e. The van der Waals surface area contributed by atoms with Gasteiger partial charge in [0.05, 0.1) is 12.2 Å². The van der Waals surface area contributed by atoms with E-state index in [0.29, 0.717) is 32.1 Å². The summed E-state index contributed by atoms with van der Waals surface area (Å²) in [4.78, 5) is 0. The van der Waals surface area contributed by atoms with Crippen molar-refractivity contribution in [3.8, 4) is 0 Å². The molecule has 0 N–H and O–H groups in total. The standard InChI is InChI=1S/C12H24N2O3S/c1-10-5-4-6-13(7-10)18(15,16)14-8-11(2)17-12(3)9-14/h10-12H,4-9H2,1-3H3/t10-,11+,12+/m1/s1. The highest BCUT2D eigenvalue weighted by Gasteiger charge is 2.36. The Morgan fingerprint density at radius 3 is 2.17 bits per heavy atom. The molecule has 3 atom stereocenters. The Labute approximate surface area is 110 Å². The molecule has 6 heteroatoms. The second kappa shape index (κ2) is 5.45. The van der Waals surface area contributed by atoms with Crippen LogP contribution in [0, 0.1) is 5.92 Å². The summed E-state index contributed by atoms with van der Waals surface area (Å²) in [7, 11) is -3.30. The Balaban J connectivity index is 2.09. The van der Waals surface area contributed by atoms with Crippen LogP contribution in [0.4, 0.5) is 0 Å². The van der Waals surface area contributed by atoms with Crippen LogP contribution in [0.3, 0.4) is 0 Å². The third kappa shape index (κ3) is 3.04. The van der Waals surface area contributed by atoms with Crippen molar-refractivity contribution in [1.29, 1.82) is 0 Å². The lowest BCUT2D eigenvalue weighted by Crippen LogP contribution is -2.54. The zero-order valence-corrected chi connectivity index (χ0v) is 12.3. The van der Waals surface area contributed by atoms with Crippen LogP contribution in [0.2, 0.25) is 0 Å². The summed E-state index contributed by atoms with van der Waals surface area (Å²) in [5.41, 5.74) is 0. The van der Waals surface area contributed by atoms with Crippen molar-refractivity contribution in [3.05, 3.63) is 0 Å². The molecule has 0 amide bonds. The average Bonchev–Trinajstić information content (AvgIpc) is 2.27. The number of ether oxygens (including phenoxy) is 1. The van der Waals surface area contributed by atoms with Gasteiger partial charge >= 0.3 is 0 Å². The Hall–Kier alpha value is -0.170. The highest BCUT2D eigenvalue weighted by atomic mass is 32.2. The third-order valence-electron chi connectivity index (χ3n) is 3.66. The summed E-state index contributed by atoms with van der Waals surface area (Å²) in [6.45, 7) is 8.23. The molecule has 2 aliphatic rings. The van der Waals surface area contributed by atoms with E-state index < -0.39 is 10.2 Å². The Kier molecular flexibility index (Phi) is 4.31. The van der Waals surface area contributed by atoms with Gasteiger partial charge in [-0.2, -0.15) is 17.0 Å². The summed E-state index contributed by atoms with van der Waals surface area (Å²) in [5, 5.41) is 0. The Morgan fingerprint density at radius 2 is 1.61 bits per heavy atom. The molecule has 2 saturated heterocycles. The van der Waals surface area contributed by atoms with E-state index in [0.717, 1.165) is 12.8 Å². The molecule has 0 aromatic carbocycles. The fourth-order valence-electron chi connectivity index (χ4n) is 2.84. The summed E-state index contributed by atoms with van der Waals surface area (Å²) < 4.78 is 34.0. The first-order chi connectivity index (χ1) is 8.39. The molecular weight excluding hydrogens is 252 g/mol. The van der Waals surface area contributed by atoms with E-state index in [1.165, 1.54) is 0 Å². The van der Waals surface area contributed by atoms with Crippen molar-refractivity contribution >= 4 is 10.2 Å². The van der Waals surface area contributed by atoms with Crippen molar-refractivity contribution in [1.82, 2.24) is 8.61 Å². The number of hydrogen-bond donors (Lipinski definition) is 0. The molecule has 106 valence electrons. The van der Waals surface area contributed by atoms with E-state index in [9.17, 15) is 8.42 Å². The van der Waals surface area contributed by atoms with Crippen molar-refractivity contribution in [2.24, 2.45) is 5.92 Å². The molecule has 5 nitrogen and oxygen atoms in total. The van der Waals surface area contributed by atoms with Gasteiger partial charge in [-0.15, -0.1) is 0 Å². The van der Waals surface area contributed by atoms with Crippen molar-refractivity contribution in [3.63, 3.8) is 0 Å². The van der Waals surface area contributed by atoms with Crippen LogP contribution in [0.5, 0.6) is 0 Å². The molecule has 0 aromatic heterocycles. The molecule has 0 bridgehead atoms. The van der Waals surface area contributed by atoms with Crippen LogP contribution in [0.25, 0.3) is 0 Å². The highest BCUT2D eigenvalue weighted by Crippen LogP contribution is 2.23. The molecule has 2 aliphatic heterocycles. The number of morpholine rings is 1. The maximum absolute atomic E-state index is 12.6. The summed E-state index contributed by atoms with van der Waals surface area (Å²) in [6.07, 6.45) is 2.05. The molecule has 2 rings (SSSR count). The fourth-order valence-corrected chi connectivity index (χ4v) is 4.76. The topological polar surface area (TPSA) is 49.9 Å². The van der Waals surface area contributed by atoms with Gasteiger partial charge in [0, 0.05) is 26.2 Å². The Bertz CT molecular complexity index is 375. The van der Waals surface area contributed by atoms with Crippen LogP contribution >= 0.6 is 0 Å². The second-order valence-electron chi connectivity index (χ2n) is 5.69. The Morgan fingerprint density at radius 1 is 1.00 bits per heavy atom. The molecule has 0 saturated carbocycles. The fraction of sp³-hybridized carbons (Fsp3) is 1.00. The van der Waals surface area contributed by atoms with Crippen LogP contribution in [0.15, 0.2) is 0 Å². The number of nitrogens with zero attached hydrogens (tertiary/aromatic N) is 2. The van der Waals surface area contributed by atoms with E-state index >= 15 is 0 Å². The minimum absolute atomic E-state index is 0.0225. The van der Waals surface area contributed by atoms with Gasteiger partial charge in [0.15, 0.2) is 0 Å². The first-order valence-corrected chi connectivity index (χ1v) is 8.20. The van der Waals surface area contributed by atoms with Crippen LogP contribution in [0.1, 0.15) is 33.6 Å². The summed E-state index contributed by atoms with van der Waals surface area (Å²) >= 11 is 0. The minimum atomic E-state index is -3.30. The van der Waals surface area contributed by atoms with Gasteiger partial charge in [-0.05, 0) is 32.6 Å². The zero-order valence-electron chi connectivity index (χ0n) is 11.5. The molecule has 18 heavy (non-hydrogen) atoms. The maximum atomic E-state index is 12.6. The molecule has 0 aromatic rings. The van der Waals surface area contributed by atoms with Crippen molar-refractivity contribution < 1.29 is 13.2 Å². The predicted molar refractivity (Wildman–Crippen MR) is 70.5 cm³/mol. The molecule has 2 heterocycles. The van der Waals surface area contributed by atoms with E-state index in [-0.39, 0.29) is 12.2 Å². The van der Waals surface area contributed by atoms with Gasteiger partial charge in [0.2, 0.25) is 0 Å². The first-order valence-electron chi connectivity index (χ1n) is 6.80.